The molecular weight excluding hydrogens is 404 g/mol. The Kier molecular flexibility index (Phi) is 5.56. The third-order valence-electron chi connectivity index (χ3n) is 5.24. The van der Waals surface area contributed by atoms with Gasteiger partial charge in [0, 0.05) is 12.1 Å². The molecule has 0 amide bonds. The van der Waals surface area contributed by atoms with Gasteiger partial charge < -0.3 is 9.84 Å². The van der Waals surface area contributed by atoms with Gasteiger partial charge in [-0.3, -0.25) is 9.47 Å². The lowest BCUT2D eigenvalue weighted by atomic mass is 9.98. The minimum atomic E-state index is -2.73. The molecule has 0 aliphatic heterocycles. The predicted octanol–water partition coefficient (Wildman–Crippen LogP) is 4.71. The summed E-state index contributed by atoms with van der Waals surface area (Å²) < 4.78 is 33.2. The summed E-state index contributed by atoms with van der Waals surface area (Å²) in [6, 6.07) is 15.7. The van der Waals surface area contributed by atoms with Gasteiger partial charge in [-0.15, -0.1) is 0 Å². The number of aromatic hydroxyl groups is 1. The topological polar surface area (TPSA) is 67.6 Å². The zero-order valence-corrected chi connectivity index (χ0v) is 17.0. The Morgan fingerprint density at radius 2 is 1.87 bits per heavy atom. The first-order valence-electron chi connectivity index (χ1n) is 9.65. The second kappa shape index (κ2) is 8.31. The van der Waals surface area contributed by atoms with Gasteiger partial charge in [0.2, 0.25) is 0 Å². The standard InChI is InChI=1S/C23H21F2N3O3/c1-27(13-20-26-18-9-5-6-10-19(18)28(20)23(24)25)12-17-15-8-4-3-7-14(15)11-16(21(17)29)22(30)31-2/h3-11,23,29H,12-13H2,1-2H3. The summed E-state index contributed by atoms with van der Waals surface area (Å²) >= 11 is 0. The molecule has 0 radical (unpaired) electrons. The van der Waals surface area contributed by atoms with E-state index in [1.54, 1.807) is 42.3 Å². The van der Waals surface area contributed by atoms with E-state index in [1.165, 1.54) is 7.11 Å². The first kappa shape index (κ1) is 20.7. The highest BCUT2D eigenvalue weighted by Crippen LogP contribution is 2.33. The Morgan fingerprint density at radius 3 is 2.61 bits per heavy atom. The van der Waals surface area contributed by atoms with E-state index in [4.69, 9.17) is 4.74 Å². The van der Waals surface area contributed by atoms with Gasteiger partial charge in [-0.05, 0) is 36.0 Å². The second-order valence-electron chi connectivity index (χ2n) is 7.30. The lowest BCUT2D eigenvalue weighted by Gasteiger charge is -2.20. The quantitative estimate of drug-likeness (QED) is 0.453. The second-order valence-corrected chi connectivity index (χ2v) is 7.30. The van der Waals surface area contributed by atoms with Gasteiger partial charge in [-0.25, -0.2) is 9.78 Å². The van der Waals surface area contributed by atoms with Crippen molar-refractivity contribution in [1.82, 2.24) is 14.5 Å². The molecular formula is C23H21F2N3O3. The average molecular weight is 425 g/mol. The van der Waals surface area contributed by atoms with E-state index in [0.29, 0.717) is 16.6 Å². The fourth-order valence-corrected chi connectivity index (χ4v) is 3.83. The van der Waals surface area contributed by atoms with Gasteiger partial charge in [0.25, 0.3) is 0 Å². The highest BCUT2D eigenvalue weighted by atomic mass is 19.3. The van der Waals surface area contributed by atoms with Crippen molar-refractivity contribution in [3.8, 4) is 5.75 Å². The van der Waals surface area contributed by atoms with Crippen molar-refractivity contribution in [1.29, 1.82) is 0 Å². The Bertz CT molecular complexity index is 1270. The SMILES string of the molecule is COC(=O)c1cc2ccccc2c(CN(C)Cc2nc3ccccc3n2C(F)F)c1O. The maximum atomic E-state index is 13.7. The predicted molar refractivity (Wildman–Crippen MR) is 113 cm³/mol. The van der Waals surface area contributed by atoms with Crippen LogP contribution in [0.15, 0.2) is 54.6 Å². The first-order chi connectivity index (χ1) is 14.9. The maximum absolute atomic E-state index is 13.7. The smallest absolute Gasteiger partial charge is 0.341 e. The average Bonchev–Trinajstić information content (AvgIpc) is 3.12. The fraction of sp³-hybridized carbons (Fsp3) is 0.217. The fourth-order valence-electron chi connectivity index (χ4n) is 3.83. The number of carbonyl (C=O) groups is 1. The number of esters is 1. The van der Waals surface area contributed by atoms with E-state index in [2.05, 4.69) is 4.98 Å². The van der Waals surface area contributed by atoms with Crippen LogP contribution in [0.25, 0.3) is 21.8 Å². The molecule has 0 spiro atoms. The molecule has 4 rings (SSSR count). The van der Waals surface area contributed by atoms with Gasteiger partial charge in [0.1, 0.15) is 17.1 Å². The third kappa shape index (κ3) is 3.82. The van der Waals surface area contributed by atoms with E-state index < -0.39 is 12.5 Å². The molecule has 0 atom stereocenters. The van der Waals surface area contributed by atoms with Crippen LogP contribution < -0.4 is 0 Å². The van der Waals surface area contributed by atoms with Gasteiger partial charge in [0.05, 0.1) is 24.7 Å². The number of imidazole rings is 1. The number of ether oxygens (including phenoxy) is 1. The number of benzene rings is 3. The zero-order valence-electron chi connectivity index (χ0n) is 17.0. The summed E-state index contributed by atoms with van der Waals surface area (Å²) in [6.07, 6.45) is 0. The summed E-state index contributed by atoms with van der Waals surface area (Å²) in [6.45, 7) is -2.40. The zero-order chi connectivity index (χ0) is 22.1. The summed E-state index contributed by atoms with van der Waals surface area (Å²) in [4.78, 5) is 18.3. The molecule has 0 saturated heterocycles. The molecule has 0 bridgehead atoms. The van der Waals surface area contributed by atoms with Crippen molar-refractivity contribution >= 4 is 27.8 Å². The largest absolute Gasteiger partial charge is 0.507 e. The molecule has 0 aliphatic rings. The van der Waals surface area contributed by atoms with Crippen LogP contribution in [0.5, 0.6) is 5.75 Å². The van der Waals surface area contributed by atoms with Crippen LogP contribution in [0.4, 0.5) is 8.78 Å². The van der Waals surface area contributed by atoms with Crippen molar-refractivity contribution in [3.63, 3.8) is 0 Å². The Hall–Kier alpha value is -3.52. The van der Waals surface area contributed by atoms with E-state index in [0.717, 1.165) is 15.3 Å². The number of nitrogens with zero attached hydrogens (tertiary/aromatic N) is 3. The number of rotatable bonds is 6. The number of para-hydroxylation sites is 2. The molecule has 1 heterocycles. The highest BCUT2D eigenvalue weighted by molar-refractivity contribution is 6.00. The molecule has 6 nitrogen and oxygen atoms in total. The van der Waals surface area contributed by atoms with Crippen LogP contribution in [0.2, 0.25) is 0 Å². The molecule has 3 aromatic carbocycles. The summed E-state index contributed by atoms with van der Waals surface area (Å²) in [5.41, 5.74) is 1.43. The minimum Gasteiger partial charge on any atom is -0.507 e. The number of hydrogen-bond acceptors (Lipinski definition) is 5. The first-order valence-corrected chi connectivity index (χ1v) is 9.65. The minimum absolute atomic E-state index is 0.0596. The van der Waals surface area contributed by atoms with Crippen LogP contribution in [0.1, 0.15) is 28.3 Å². The Balaban J connectivity index is 1.72. The number of phenols is 1. The lowest BCUT2D eigenvalue weighted by Crippen LogP contribution is -2.21. The van der Waals surface area contributed by atoms with Crippen molar-refractivity contribution < 1.29 is 23.4 Å². The van der Waals surface area contributed by atoms with Gasteiger partial charge in [0.15, 0.2) is 0 Å². The number of fused-ring (bicyclic) bond motifs is 2. The van der Waals surface area contributed by atoms with E-state index >= 15 is 0 Å². The summed E-state index contributed by atoms with van der Waals surface area (Å²) in [5.74, 6) is -0.613. The van der Waals surface area contributed by atoms with E-state index in [1.807, 2.05) is 24.3 Å². The molecule has 1 aromatic heterocycles. The highest BCUT2D eigenvalue weighted by Gasteiger charge is 2.22. The maximum Gasteiger partial charge on any atom is 0.341 e. The third-order valence-corrected chi connectivity index (χ3v) is 5.24. The van der Waals surface area contributed by atoms with Crippen LogP contribution in [0.3, 0.4) is 0 Å². The number of halogens is 2. The van der Waals surface area contributed by atoms with Crippen LogP contribution in [0, 0.1) is 0 Å². The Labute approximate surface area is 177 Å². The normalized spacial score (nSPS) is 11.7. The van der Waals surface area contributed by atoms with Crippen molar-refractivity contribution in [3.05, 3.63) is 71.5 Å². The van der Waals surface area contributed by atoms with Crippen molar-refractivity contribution in [2.45, 2.75) is 19.6 Å². The molecule has 31 heavy (non-hydrogen) atoms. The van der Waals surface area contributed by atoms with E-state index in [-0.39, 0.29) is 30.2 Å². The molecule has 160 valence electrons. The van der Waals surface area contributed by atoms with Gasteiger partial charge in [-0.1, -0.05) is 36.4 Å². The number of hydrogen-bond donors (Lipinski definition) is 1. The van der Waals surface area contributed by atoms with E-state index in [9.17, 15) is 18.7 Å². The number of carbonyl (C=O) groups excluding carboxylic acids is 1. The van der Waals surface area contributed by atoms with Crippen molar-refractivity contribution in [2.75, 3.05) is 14.2 Å². The molecule has 0 unspecified atom stereocenters. The van der Waals surface area contributed by atoms with Crippen LogP contribution >= 0.6 is 0 Å². The number of aromatic nitrogens is 2. The van der Waals surface area contributed by atoms with Gasteiger partial charge >= 0.3 is 12.5 Å². The number of alkyl halides is 2. The number of methoxy groups -OCH3 is 1. The lowest BCUT2D eigenvalue weighted by molar-refractivity contribution is 0.0596. The molecule has 1 N–H and O–H groups in total. The molecule has 0 fully saturated rings. The van der Waals surface area contributed by atoms with Gasteiger partial charge in [-0.2, -0.15) is 8.78 Å². The molecule has 0 saturated carbocycles. The summed E-state index contributed by atoms with van der Waals surface area (Å²) in [7, 11) is 2.99. The van der Waals surface area contributed by atoms with Crippen LogP contribution in [-0.2, 0) is 17.8 Å². The molecule has 4 aromatic rings. The molecule has 0 aliphatic carbocycles. The molecule has 8 heteroatoms. The Morgan fingerprint density at radius 1 is 1.16 bits per heavy atom. The summed E-state index contributed by atoms with van der Waals surface area (Å²) in [5, 5.41) is 12.3. The van der Waals surface area contributed by atoms with Crippen LogP contribution in [-0.4, -0.2) is 39.7 Å². The van der Waals surface area contributed by atoms with Crippen molar-refractivity contribution in [2.24, 2.45) is 0 Å². The monoisotopic (exact) mass is 425 g/mol. The number of phenolic OH excluding ortho intramolecular Hbond substituents is 1.